The van der Waals surface area contributed by atoms with E-state index < -0.39 is 84.4 Å². The second-order valence-electron chi connectivity index (χ2n) is 10.8. The number of esters is 2. The van der Waals surface area contributed by atoms with Crippen LogP contribution in [0, 0.1) is 0 Å². The van der Waals surface area contributed by atoms with Crippen molar-refractivity contribution in [3.63, 3.8) is 0 Å². The smallest absolute Gasteiger partial charge is 0.341 e. The van der Waals surface area contributed by atoms with Crippen LogP contribution in [0.3, 0.4) is 0 Å². The molecule has 14 nitrogen and oxygen atoms in total. The Kier molecular flexibility index (Phi) is 8.49. The average molecular weight is 583 g/mol. The molecule has 0 amide bonds. The SMILES string of the molecule is CC(=O)O[C@@H]1c2c(ccc3ccc(=O)oc23)OC(C)(C)[C@@H]1OC(=O)[C@](C)(O)[C@@H](C)O[C@@H]1O[C@H](CO)[C@@H](O)[C@H](O)[C@H]1O. The Bertz CT molecular complexity index is 1350. The van der Waals surface area contributed by atoms with Gasteiger partial charge in [-0.15, -0.1) is 0 Å². The van der Waals surface area contributed by atoms with E-state index in [1.807, 2.05) is 0 Å². The van der Waals surface area contributed by atoms with Crippen LogP contribution in [0.25, 0.3) is 11.0 Å². The van der Waals surface area contributed by atoms with Crippen molar-refractivity contribution in [2.45, 2.75) is 94.8 Å². The molecule has 3 heterocycles. The van der Waals surface area contributed by atoms with Crippen molar-refractivity contribution in [2.24, 2.45) is 0 Å². The minimum Gasteiger partial charge on any atom is -0.483 e. The van der Waals surface area contributed by atoms with E-state index in [9.17, 15) is 39.9 Å². The summed E-state index contributed by atoms with van der Waals surface area (Å²) < 4.78 is 33.6. The Morgan fingerprint density at radius 1 is 1.07 bits per heavy atom. The fourth-order valence-electron chi connectivity index (χ4n) is 4.77. The van der Waals surface area contributed by atoms with Crippen LogP contribution in [0.2, 0.25) is 0 Å². The lowest BCUT2D eigenvalue weighted by Gasteiger charge is -2.44. The molecular weight excluding hydrogens is 548 g/mol. The van der Waals surface area contributed by atoms with Crippen LogP contribution in [0.4, 0.5) is 0 Å². The highest BCUT2D eigenvalue weighted by atomic mass is 16.7. The van der Waals surface area contributed by atoms with Gasteiger partial charge in [0.1, 0.15) is 41.3 Å². The minimum absolute atomic E-state index is 0.0591. The van der Waals surface area contributed by atoms with Crippen molar-refractivity contribution in [1.82, 2.24) is 0 Å². The van der Waals surface area contributed by atoms with Crippen molar-refractivity contribution in [3.05, 3.63) is 40.2 Å². The summed E-state index contributed by atoms with van der Waals surface area (Å²) in [5.74, 6) is -1.75. The van der Waals surface area contributed by atoms with Gasteiger partial charge in [-0.05, 0) is 45.9 Å². The van der Waals surface area contributed by atoms with E-state index in [1.54, 1.807) is 26.0 Å². The number of hydrogen-bond donors (Lipinski definition) is 5. The number of benzene rings is 1. The van der Waals surface area contributed by atoms with E-state index in [-0.39, 0.29) is 16.9 Å². The maximum atomic E-state index is 13.4. The second-order valence-corrected chi connectivity index (χ2v) is 10.8. The maximum Gasteiger partial charge on any atom is 0.341 e. The molecule has 2 aliphatic rings. The van der Waals surface area contributed by atoms with E-state index in [2.05, 4.69) is 0 Å². The molecule has 0 saturated carbocycles. The molecule has 0 spiro atoms. The molecule has 2 aliphatic heterocycles. The molecule has 0 bridgehead atoms. The molecule has 4 rings (SSSR count). The van der Waals surface area contributed by atoms with Crippen LogP contribution in [-0.2, 0) is 28.5 Å². The third-order valence-corrected chi connectivity index (χ3v) is 7.32. The Hall–Kier alpha value is -3.11. The van der Waals surface area contributed by atoms with Crippen LogP contribution >= 0.6 is 0 Å². The van der Waals surface area contributed by atoms with Crippen LogP contribution < -0.4 is 10.4 Å². The predicted molar refractivity (Wildman–Crippen MR) is 137 cm³/mol. The van der Waals surface area contributed by atoms with E-state index in [0.717, 1.165) is 13.8 Å². The van der Waals surface area contributed by atoms with Crippen molar-refractivity contribution in [1.29, 1.82) is 0 Å². The highest BCUT2D eigenvalue weighted by molar-refractivity contribution is 5.84. The van der Waals surface area contributed by atoms with Crippen LogP contribution in [0.15, 0.2) is 33.5 Å². The van der Waals surface area contributed by atoms with Gasteiger partial charge in [-0.25, -0.2) is 9.59 Å². The van der Waals surface area contributed by atoms with Gasteiger partial charge in [-0.2, -0.15) is 0 Å². The number of fused-ring (bicyclic) bond motifs is 3. The molecule has 2 aromatic rings. The highest BCUT2D eigenvalue weighted by Gasteiger charge is 2.53. The van der Waals surface area contributed by atoms with Gasteiger partial charge in [0.2, 0.25) is 0 Å². The molecule has 1 saturated heterocycles. The van der Waals surface area contributed by atoms with Gasteiger partial charge in [0.05, 0.1) is 18.3 Å². The molecule has 1 fully saturated rings. The summed E-state index contributed by atoms with van der Waals surface area (Å²) in [4.78, 5) is 37.6. The Morgan fingerprint density at radius 2 is 1.73 bits per heavy atom. The van der Waals surface area contributed by atoms with Crippen LogP contribution in [-0.4, -0.2) is 98.2 Å². The monoisotopic (exact) mass is 582 g/mol. The highest BCUT2D eigenvalue weighted by Crippen LogP contribution is 2.46. The molecule has 226 valence electrons. The number of rotatable bonds is 7. The zero-order valence-corrected chi connectivity index (χ0v) is 23.0. The third kappa shape index (κ3) is 5.81. The number of carbonyl (C=O) groups is 2. The van der Waals surface area contributed by atoms with E-state index in [0.29, 0.717) is 5.39 Å². The first-order valence-corrected chi connectivity index (χ1v) is 12.9. The lowest BCUT2D eigenvalue weighted by molar-refractivity contribution is -0.320. The maximum absolute atomic E-state index is 13.4. The number of carbonyl (C=O) groups excluding carboxylic acids is 2. The predicted octanol–water partition coefficient (Wildman–Crippen LogP) is -0.564. The lowest BCUT2D eigenvalue weighted by atomic mass is 9.86. The lowest BCUT2D eigenvalue weighted by Crippen LogP contribution is -2.61. The summed E-state index contributed by atoms with van der Waals surface area (Å²) in [6.45, 7) is 5.92. The van der Waals surface area contributed by atoms with Crippen LogP contribution in [0.1, 0.15) is 46.3 Å². The molecule has 0 radical (unpaired) electrons. The van der Waals surface area contributed by atoms with E-state index >= 15 is 0 Å². The molecule has 41 heavy (non-hydrogen) atoms. The van der Waals surface area contributed by atoms with Gasteiger partial charge >= 0.3 is 17.6 Å². The Labute approximate surface area is 233 Å². The van der Waals surface area contributed by atoms with Crippen molar-refractivity contribution < 1.29 is 63.2 Å². The number of ether oxygens (including phenoxy) is 5. The molecule has 14 heteroatoms. The third-order valence-electron chi connectivity index (χ3n) is 7.32. The van der Waals surface area contributed by atoms with E-state index in [4.69, 9.17) is 28.1 Å². The Morgan fingerprint density at radius 3 is 2.37 bits per heavy atom. The molecular formula is C27H34O14. The van der Waals surface area contributed by atoms with Gasteiger partial charge < -0.3 is 53.6 Å². The van der Waals surface area contributed by atoms with E-state index in [1.165, 1.54) is 19.1 Å². The largest absolute Gasteiger partial charge is 0.483 e. The van der Waals surface area contributed by atoms with Crippen molar-refractivity contribution >= 4 is 22.9 Å². The van der Waals surface area contributed by atoms with Gasteiger partial charge in [-0.3, -0.25) is 4.79 Å². The first kappa shape index (κ1) is 30.8. The van der Waals surface area contributed by atoms with Gasteiger partial charge in [-0.1, -0.05) is 0 Å². The average Bonchev–Trinajstić information content (AvgIpc) is 2.89. The summed E-state index contributed by atoms with van der Waals surface area (Å²) in [5.41, 5.74) is -4.21. The molecule has 0 aliphatic carbocycles. The number of aliphatic hydroxyl groups is 5. The molecule has 5 N–H and O–H groups in total. The zero-order chi connectivity index (χ0) is 30.4. The fraction of sp³-hybridized carbons (Fsp3) is 0.593. The molecule has 9 atom stereocenters. The summed E-state index contributed by atoms with van der Waals surface area (Å²) in [5, 5.41) is 51.4. The van der Waals surface area contributed by atoms with Gasteiger partial charge in [0.15, 0.2) is 24.1 Å². The topological polar surface area (TPSA) is 212 Å². The quantitative estimate of drug-likeness (QED) is 0.205. The van der Waals surface area contributed by atoms with Crippen molar-refractivity contribution in [2.75, 3.05) is 6.61 Å². The van der Waals surface area contributed by atoms with Crippen molar-refractivity contribution in [3.8, 4) is 5.75 Å². The Balaban J connectivity index is 1.63. The standard InChI is InChI=1S/C27H34O14/c1-11(36-24-20(33)19(32)18(31)15(10-28)38-24)27(5,35)25(34)40-23-22(37-12(2)29)17-14(41-26(23,3)4)8-6-13-7-9-16(30)39-21(13)17/h6-9,11,15,18-20,22-24,28,31-33,35H,10H2,1-5H3/t11-,15-,18-,19+,20-,22-,23-,24-,27-/m1/s1. The summed E-state index contributed by atoms with van der Waals surface area (Å²) in [6, 6.07) is 5.97. The zero-order valence-electron chi connectivity index (χ0n) is 23.0. The van der Waals surface area contributed by atoms with Crippen LogP contribution in [0.5, 0.6) is 5.75 Å². The first-order chi connectivity index (χ1) is 19.1. The molecule has 0 unspecified atom stereocenters. The fourth-order valence-corrected chi connectivity index (χ4v) is 4.77. The summed E-state index contributed by atoms with van der Waals surface area (Å²) in [7, 11) is 0. The number of hydrogen-bond acceptors (Lipinski definition) is 14. The second kappa shape index (κ2) is 11.3. The van der Waals surface area contributed by atoms with Gasteiger partial charge in [0, 0.05) is 18.4 Å². The number of aliphatic hydroxyl groups excluding tert-OH is 4. The normalized spacial score (nSPS) is 31.3. The summed E-state index contributed by atoms with van der Waals surface area (Å²) in [6.07, 6.45) is -12.2. The molecule has 1 aromatic carbocycles. The minimum atomic E-state index is -2.42. The summed E-state index contributed by atoms with van der Waals surface area (Å²) >= 11 is 0. The van der Waals surface area contributed by atoms with Gasteiger partial charge in [0.25, 0.3) is 0 Å². The molecule has 1 aromatic heterocycles. The first-order valence-electron chi connectivity index (χ1n) is 12.9.